The molecular weight excluding hydrogens is 411 g/mol. The Bertz CT molecular complexity index is 1470. The van der Waals surface area contributed by atoms with Crippen LogP contribution in [0.15, 0.2) is 65.8 Å². The zero-order valence-corrected chi connectivity index (χ0v) is 16.9. The summed E-state index contributed by atoms with van der Waals surface area (Å²) < 4.78 is 26.9. The van der Waals surface area contributed by atoms with Gasteiger partial charge in [0.25, 0.3) is 5.56 Å². The van der Waals surface area contributed by atoms with E-state index in [1.54, 1.807) is 36.5 Å². The lowest BCUT2D eigenvalue weighted by molar-refractivity contribution is 0.292. The van der Waals surface area contributed by atoms with Crippen molar-refractivity contribution in [3.63, 3.8) is 0 Å². The summed E-state index contributed by atoms with van der Waals surface area (Å²) in [6.07, 6.45) is 4.68. The molecule has 0 radical (unpaired) electrons. The molecule has 0 aliphatic carbocycles. The summed E-state index contributed by atoms with van der Waals surface area (Å²) in [5.41, 5.74) is 1.94. The maximum Gasteiger partial charge on any atom is 0.263 e. The Morgan fingerprint density at radius 1 is 1.16 bits per heavy atom. The van der Waals surface area contributed by atoms with Crippen molar-refractivity contribution in [3.05, 3.63) is 88.5 Å². The third-order valence-corrected chi connectivity index (χ3v) is 5.30. The third kappa shape index (κ3) is 2.99. The number of rotatable bonds is 3. The second-order valence-electron chi connectivity index (χ2n) is 7.05. The second kappa shape index (κ2) is 7.63. The maximum atomic E-state index is 14.4. The molecule has 0 fully saturated rings. The second-order valence-corrected chi connectivity index (χ2v) is 7.05. The molecule has 1 aliphatic heterocycles. The normalized spacial score (nSPS) is 11.7. The number of nitrogens with zero attached hydrogens (tertiary/aromatic N) is 4. The van der Waals surface area contributed by atoms with Crippen LogP contribution < -0.4 is 15.0 Å². The minimum absolute atomic E-state index is 0.120. The van der Waals surface area contributed by atoms with E-state index in [0.29, 0.717) is 34.1 Å². The molecule has 7 nitrogen and oxygen atoms in total. The average Bonchev–Trinajstić information content (AvgIpc) is 2.83. The largest absolute Gasteiger partial charge is 0.495 e. The molecule has 5 rings (SSSR count). The number of pyridine rings is 3. The van der Waals surface area contributed by atoms with Crippen molar-refractivity contribution in [2.24, 2.45) is 0 Å². The lowest BCUT2D eigenvalue weighted by Crippen LogP contribution is -2.27. The van der Waals surface area contributed by atoms with E-state index in [0.717, 1.165) is 0 Å². The number of nitriles is 1. The van der Waals surface area contributed by atoms with Gasteiger partial charge in [-0.1, -0.05) is 12.1 Å². The topological polar surface area (TPSA) is 90.0 Å². The minimum atomic E-state index is -0.696. The Morgan fingerprint density at radius 2 is 2.03 bits per heavy atom. The van der Waals surface area contributed by atoms with E-state index in [2.05, 4.69) is 9.97 Å². The molecule has 0 atom stereocenters. The van der Waals surface area contributed by atoms with Crippen LogP contribution in [0.2, 0.25) is 0 Å². The predicted octanol–water partition coefficient (Wildman–Crippen LogP) is 3.87. The molecule has 0 spiro atoms. The zero-order valence-electron chi connectivity index (χ0n) is 16.9. The quantitative estimate of drug-likeness (QED) is 0.494. The molecule has 1 aliphatic rings. The molecule has 0 amide bonds. The van der Waals surface area contributed by atoms with Crippen LogP contribution in [-0.2, 0) is 6.61 Å². The van der Waals surface area contributed by atoms with Crippen LogP contribution in [0.3, 0.4) is 0 Å². The fourth-order valence-corrected chi connectivity index (χ4v) is 3.83. The highest BCUT2D eigenvalue weighted by Gasteiger charge is 2.26. The number of aromatic nitrogens is 3. The van der Waals surface area contributed by atoms with Crippen LogP contribution in [0.5, 0.6) is 11.5 Å². The van der Waals surface area contributed by atoms with Crippen molar-refractivity contribution in [1.29, 1.82) is 5.26 Å². The number of ether oxygens (including phenoxy) is 2. The predicted molar refractivity (Wildman–Crippen MR) is 114 cm³/mol. The Hall–Kier alpha value is -4.51. The summed E-state index contributed by atoms with van der Waals surface area (Å²) in [5, 5.41) is 9.54. The molecule has 4 aromatic rings. The van der Waals surface area contributed by atoms with E-state index in [9.17, 15) is 14.4 Å². The summed E-state index contributed by atoms with van der Waals surface area (Å²) in [4.78, 5) is 22.3. The van der Waals surface area contributed by atoms with Crippen molar-refractivity contribution < 1.29 is 13.9 Å². The van der Waals surface area contributed by atoms with Crippen LogP contribution in [-0.4, -0.2) is 21.6 Å². The van der Waals surface area contributed by atoms with Crippen LogP contribution in [0.1, 0.15) is 11.3 Å². The number of fused-ring (bicyclic) bond motifs is 3. The number of methoxy groups -OCH3 is 1. The molecule has 32 heavy (non-hydrogen) atoms. The molecule has 0 saturated heterocycles. The van der Waals surface area contributed by atoms with Crippen molar-refractivity contribution in [2.45, 2.75) is 6.61 Å². The molecular formula is C24H15FN4O3. The first kappa shape index (κ1) is 19.5. The number of hydrogen-bond acceptors (Lipinski definition) is 6. The fourth-order valence-electron chi connectivity index (χ4n) is 3.83. The molecule has 0 bridgehead atoms. The van der Waals surface area contributed by atoms with Crippen LogP contribution in [0.4, 0.5) is 4.39 Å². The van der Waals surface area contributed by atoms with Crippen molar-refractivity contribution in [3.8, 4) is 45.6 Å². The van der Waals surface area contributed by atoms with E-state index in [-0.39, 0.29) is 23.3 Å². The number of hydrogen-bond donors (Lipinski definition) is 0. The molecule has 0 N–H and O–H groups in total. The first-order valence-electron chi connectivity index (χ1n) is 9.68. The van der Waals surface area contributed by atoms with Gasteiger partial charge in [-0.15, -0.1) is 0 Å². The highest BCUT2D eigenvalue weighted by atomic mass is 19.1. The molecule has 0 unspecified atom stereocenters. The summed E-state index contributed by atoms with van der Waals surface area (Å²) in [6, 6.07) is 12.9. The monoisotopic (exact) mass is 426 g/mol. The Labute approximate surface area is 182 Å². The fraction of sp³-hybridized carbons (Fsp3) is 0.0833. The first-order valence-corrected chi connectivity index (χ1v) is 9.68. The van der Waals surface area contributed by atoms with Crippen molar-refractivity contribution in [2.75, 3.05) is 7.11 Å². The van der Waals surface area contributed by atoms with Gasteiger partial charge < -0.3 is 9.47 Å². The van der Waals surface area contributed by atoms with Crippen LogP contribution in [0, 0.1) is 17.1 Å². The van der Waals surface area contributed by atoms with Crippen LogP contribution >= 0.6 is 0 Å². The van der Waals surface area contributed by atoms with E-state index in [1.165, 1.54) is 36.2 Å². The Morgan fingerprint density at radius 3 is 2.84 bits per heavy atom. The summed E-state index contributed by atoms with van der Waals surface area (Å²) in [7, 11) is 1.50. The molecule has 1 aromatic carbocycles. The molecule has 4 heterocycles. The molecule has 156 valence electrons. The van der Waals surface area contributed by atoms with Crippen molar-refractivity contribution >= 4 is 0 Å². The standard InChI is InChI=1S/C24H15FN4O3/c1-31-15-8-14(11-27-12-15)29-21-13-32-22-6-3-7-28-23(22)18(21)9-17(24(29)30)16-4-2-5-20(25)19(16)10-26/h2-9,11-12H,13H2,1H3. The highest BCUT2D eigenvalue weighted by molar-refractivity contribution is 5.79. The lowest BCUT2D eigenvalue weighted by Gasteiger charge is -2.24. The molecule has 3 aromatic heterocycles. The Kier molecular flexibility index (Phi) is 4.64. The summed E-state index contributed by atoms with van der Waals surface area (Å²) in [5.74, 6) is 0.338. The minimum Gasteiger partial charge on any atom is -0.495 e. The SMILES string of the molecule is COc1cncc(-n2c3c(cc(-c4cccc(F)c4C#N)c2=O)-c2ncccc2OC3)c1. The van der Waals surface area contributed by atoms with Gasteiger partial charge in [-0.2, -0.15) is 5.26 Å². The number of halogens is 1. The summed E-state index contributed by atoms with van der Waals surface area (Å²) in [6.45, 7) is 0.120. The van der Waals surface area contributed by atoms with Gasteiger partial charge in [0.2, 0.25) is 0 Å². The van der Waals surface area contributed by atoms with Crippen molar-refractivity contribution in [1.82, 2.24) is 14.5 Å². The zero-order chi connectivity index (χ0) is 22.2. The molecule has 0 saturated carbocycles. The van der Waals surface area contributed by atoms with Gasteiger partial charge in [-0.3, -0.25) is 19.3 Å². The van der Waals surface area contributed by atoms with Gasteiger partial charge in [0.1, 0.15) is 35.7 Å². The van der Waals surface area contributed by atoms with Gasteiger partial charge in [-0.25, -0.2) is 4.39 Å². The average molecular weight is 426 g/mol. The van der Waals surface area contributed by atoms with Gasteiger partial charge in [0.15, 0.2) is 0 Å². The highest BCUT2D eigenvalue weighted by Crippen LogP contribution is 2.38. The third-order valence-electron chi connectivity index (χ3n) is 5.30. The van der Waals surface area contributed by atoms with Crippen LogP contribution in [0.25, 0.3) is 28.1 Å². The van der Waals surface area contributed by atoms with Gasteiger partial charge >= 0.3 is 0 Å². The van der Waals surface area contributed by atoms with E-state index >= 15 is 0 Å². The number of benzene rings is 1. The van der Waals surface area contributed by atoms with Gasteiger partial charge in [0.05, 0.1) is 36.4 Å². The maximum absolute atomic E-state index is 14.4. The lowest BCUT2D eigenvalue weighted by atomic mass is 9.96. The van der Waals surface area contributed by atoms with E-state index in [4.69, 9.17) is 9.47 Å². The first-order chi connectivity index (χ1) is 15.6. The van der Waals surface area contributed by atoms with Gasteiger partial charge in [-0.05, 0) is 24.3 Å². The smallest absolute Gasteiger partial charge is 0.263 e. The summed E-state index contributed by atoms with van der Waals surface area (Å²) >= 11 is 0. The van der Waals surface area contributed by atoms with Gasteiger partial charge in [0, 0.05) is 29.0 Å². The molecule has 8 heteroatoms. The van der Waals surface area contributed by atoms with E-state index < -0.39 is 11.4 Å². The Balaban J connectivity index is 1.90. The van der Waals surface area contributed by atoms with E-state index in [1.807, 2.05) is 6.07 Å².